The molecular weight excluding hydrogens is 386 g/mol. The quantitative estimate of drug-likeness (QED) is 0.609. The highest BCUT2D eigenvalue weighted by Crippen LogP contribution is 2.33. The minimum atomic E-state index is -1.08. The number of thioether (sulfide) groups is 1. The fourth-order valence-corrected chi connectivity index (χ4v) is 3.09. The minimum absolute atomic E-state index is 0.0618. The number of nitrogens with zero attached hydrogens (tertiary/aromatic N) is 1. The van der Waals surface area contributed by atoms with E-state index in [4.69, 9.17) is 16.3 Å². The molecule has 0 radical (unpaired) electrons. The van der Waals surface area contributed by atoms with Crippen LogP contribution >= 0.6 is 27.7 Å². The minimum Gasteiger partial charge on any atom is -0.481 e. The van der Waals surface area contributed by atoms with Crippen LogP contribution in [-0.2, 0) is 9.59 Å². The lowest BCUT2D eigenvalue weighted by molar-refractivity contribution is -0.139. The van der Waals surface area contributed by atoms with Crippen LogP contribution in [0.25, 0.3) is 6.08 Å². The zero-order valence-electron chi connectivity index (χ0n) is 11.6. The number of rotatable bonds is 5. The maximum absolute atomic E-state index is 12.1. The molecule has 1 aliphatic rings. The summed E-state index contributed by atoms with van der Waals surface area (Å²) in [4.78, 5) is 35.5. The van der Waals surface area contributed by atoms with Crippen LogP contribution in [0.5, 0.6) is 5.75 Å². The number of halogens is 1. The summed E-state index contributed by atoms with van der Waals surface area (Å²) in [5.41, 5.74) is 0.658. The molecule has 1 aromatic rings. The molecule has 0 atom stereocenters. The average molecular weight is 396 g/mol. The fraction of sp³-hybridized carbons (Fsp3) is 0.133. The van der Waals surface area contributed by atoms with Gasteiger partial charge < -0.3 is 9.84 Å². The highest BCUT2D eigenvalue weighted by molar-refractivity contribution is 9.10. The lowest BCUT2D eigenvalue weighted by atomic mass is 10.2. The average Bonchev–Trinajstić information content (AvgIpc) is 2.74. The van der Waals surface area contributed by atoms with Crippen molar-refractivity contribution in [1.29, 1.82) is 0 Å². The smallest absolute Gasteiger partial charge is 0.341 e. The number of carboxylic acid groups (broad SMARTS) is 1. The van der Waals surface area contributed by atoms with Crippen LogP contribution in [0.15, 0.2) is 27.6 Å². The second kappa shape index (κ2) is 7.35. The summed E-state index contributed by atoms with van der Waals surface area (Å²) >= 11 is 4.09. The Hall–Kier alpha value is -2.24. The molecule has 0 aromatic heterocycles. The van der Waals surface area contributed by atoms with Crippen molar-refractivity contribution >= 4 is 50.9 Å². The van der Waals surface area contributed by atoms with Gasteiger partial charge in [-0.15, -0.1) is 6.42 Å². The van der Waals surface area contributed by atoms with Crippen LogP contribution in [-0.4, -0.2) is 40.3 Å². The first kappa shape index (κ1) is 17.1. The molecule has 0 unspecified atom stereocenters. The number of carbonyl (C=O) groups excluding carboxylic acids is 2. The van der Waals surface area contributed by atoms with Crippen molar-refractivity contribution in [2.75, 3.05) is 13.2 Å². The van der Waals surface area contributed by atoms with E-state index < -0.39 is 23.7 Å². The normalized spacial score (nSPS) is 15.8. The van der Waals surface area contributed by atoms with Gasteiger partial charge in [-0.25, -0.2) is 4.79 Å². The number of carbonyl (C=O) groups is 3. The first-order valence-corrected chi connectivity index (χ1v) is 7.86. The standard InChI is InChI=1S/C15H10BrNO5S/c1-2-5-17-14(20)12(23-15(17)21)7-9-3-4-11(10(16)6-9)22-8-13(18)19/h1,3-4,6-7H,5,8H2,(H,18,19)/b12-7+. The van der Waals surface area contributed by atoms with Crippen LogP contribution in [0, 0.1) is 12.3 Å². The highest BCUT2D eigenvalue weighted by Gasteiger charge is 2.34. The molecule has 0 spiro atoms. The molecule has 1 aliphatic heterocycles. The number of aliphatic carboxylic acids is 1. The summed E-state index contributed by atoms with van der Waals surface area (Å²) < 4.78 is 5.62. The van der Waals surface area contributed by atoms with E-state index in [1.807, 2.05) is 0 Å². The molecule has 1 aromatic carbocycles. The number of ether oxygens (including phenoxy) is 1. The number of imide groups is 1. The van der Waals surface area contributed by atoms with Gasteiger partial charge in [0.25, 0.3) is 11.1 Å². The second-order valence-corrected chi connectivity index (χ2v) is 6.19. The van der Waals surface area contributed by atoms with Gasteiger partial charge in [0.2, 0.25) is 0 Å². The monoisotopic (exact) mass is 395 g/mol. The molecule has 1 heterocycles. The number of amides is 2. The maximum Gasteiger partial charge on any atom is 0.341 e. The molecule has 118 valence electrons. The van der Waals surface area contributed by atoms with Crippen LogP contribution in [0.4, 0.5) is 4.79 Å². The van der Waals surface area contributed by atoms with Gasteiger partial charge >= 0.3 is 5.97 Å². The van der Waals surface area contributed by atoms with Crippen molar-refractivity contribution in [2.45, 2.75) is 0 Å². The molecule has 1 saturated heterocycles. The zero-order chi connectivity index (χ0) is 17.0. The zero-order valence-corrected chi connectivity index (χ0v) is 14.0. The van der Waals surface area contributed by atoms with E-state index in [9.17, 15) is 14.4 Å². The molecule has 0 bridgehead atoms. The van der Waals surface area contributed by atoms with Gasteiger partial charge in [0.1, 0.15) is 5.75 Å². The van der Waals surface area contributed by atoms with Gasteiger partial charge in [-0.1, -0.05) is 12.0 Å². The Balaban J connectivity index is 2.19. The second-order valence-electron chi connectivity index (χ2n) is 4.34. The van der Waals surface area contributed by atoms with Gasteiger partial charge in [0, 0.05) is 0 Å². The van der Waals surface area contributed by atoms with E-state index in [0.29, 0.717) is 15.8 Å². The van der Waals surface area contributed by atoms with E-state index >= 15 is 0 Å². The summed E-state index contributed by atoms with van der Waals surface area (Å²) in [5.74, 6) is 1.12. The molecule has 1 N–H and O–H groups in total. The predicted octanol–water partition coefficient (Wildman–Crippen LogP) is 2.58. The third kappa shape index (κ3) is 4.15. The van der Waals surface area contributed by atoms with Crippen molar-refractivity contribution in [3.05, 3.63) is 33.1 Å². The Morgan fingerprint density at radius 3 is 2.83 bits per heavy atom. The van der Waals surface area contributed by atoms with Crippen molar-refractivity contribution < 1.29 is 24.2 Å². The van der Waals surface area contributed by atoms with E-state index in [1.54, 1.807) is 24.3 Å². The number of carboxylic acids is 1. The van der Waals surface area contributed by atoms with Gasteiger partial charge in [-0.05, 0) is 51.5 Å². The molecule has 2 amide bonds. The summed E-state index contributed by atoms with van der Waals surface area (Å²) in [6.45, 7) is -0.517. The molecule has 23 heavy (non-hydrogen) atoms. The topological polar surface area (TPSA) is 83.9 Å². The van der Waals surface area contributed by atoms with Gasteiger partial charge in [-0.2, -0.15) is 0 Å². The fourth-order valence-electron chi connectivity index (χ4n) is 1.74. The Kier molecular flexibility index (Phi) is 5.47. The van der Waals surface area contributed by atoms with E-state index in [1.165, 1.54) is 0 Å². The summed E-state index contributed by atoms with van der Waals surface area (Å²) in [5, 5.41) is 8.19. The van der Waals surface area contributed by atoms with Crippen LogP contribution < -0.4 is 4.74 Å². The Morgan fingerprint density at radius 2 is 2.22 bits per heavy atom. The molecule has 0 saturated carbocycles. The maximum atomic E-state index is 12.1. The molecular formula is C15H10BrNO5S. The molecule has 6 nitrogen and oxygen atoms in total. The highest BCUT2D eigenvalue weighted by atomic mass is 79.9. The Bertz CT molecular complexity index is 753. The van der Waals surface area contributed by atoms with E-state index in [2.05, 4.69) is 21.9 Å². The summed E-state index contributed by atoms with van der Waals surface area (Å²) in [6, 6.07) is 4.88. The number of terminal acetylenes is 1. The van der Waals surface area contributed by atoms with Crippen LogP contribution in [0.3, 0.4) is 0 Å². The Labute approximate surface area is 144 Å². The lowest BCUT2D eigenvalue weighted by Crippen LogP contribution is -2.28. The molecule has 8 heteroatoms. The Morgan fingerprint density at radius 1 is 1.48 bits per heavy atom. The number of benzene rings is 1. The molecule has 0 aliphatic carbocycles. The van der Waals surface area contributed by atoms with E-state index in [-0.39, 0.29) is 11.4 Å². The SMILES string of the molecule is C#CCN1C(=O)S/C(=C/c2ccc(OCC(=O)O)c(Br)c2)C1=O. The number of hydrogen-bond donors (Lipinski definition) is 1. The van der Waals surface area contributed by atoms with E-state index in [0.717, 1.165) is 16.7 Å². The number of hydrogen-bond acceptors (Lipinski definition) is 5. The molecule has 2 rings (SSSR count). The first-order chi connectivity index (χ1) is 10.9. The van der Waals surface area contributed by atoms with Crippen molar-refractivity contribution in [3.8, 4) is 18.1 Å². The van der Waals surface area contributed by atoms with Crippen LogP contribution in [0.1, 0.15) is 5.56 Å². The summed E-state index contributed by atoms with van der Waals surface area (Å²) in [6.07, 6.45) is 6.69. The van der Waals surface area contributed by atoms with Crippen molar-refractivity contribution in [2.24, 2.45) is 0 Å². The van der Waals surface area contributed by atoms with Crippen LogP contribution in [0.2, 0.25) is 0 Å². The van der Waals surface area contributed by atoms with Gasteiger partial charge in [0.15, 0.2) is 6.61 Å². The third-order valence-electron chi connectivity index (χ3n) is 2.73. The molecule has 1 fully saturated rings. The third-order valence-corrected chi connectivity index (χ3v) is 4.25. The van der Waals surface area contributed by atoms with Crippen molar-refractivity contribution in [1.82, 2.24) is 4.90 Å². The van der Waals surface area contributed by atoms with Gasteiger partial charge in [-0.3, -0.25) is 14.5 Å². The predicted molar refractivity (Wildman–Crippen MR) is 88.8 cm³/mol. The first-order valence-electron chi connectivity index (χ1n) is 6.25. The van der Waals surface area contributed by atoms with Gasteiger partial charge in [0.05, 0.1) is 15.9 Å². The van der Waals surface area contributed by atoms with Crippen molar-refractivity contribution in [3.63, 3.8) is 0 Å². The lowest BCUT2D eigenvalue weighted by Gasteiger charge is -2.07. The summed E-state index contributed by atoms with van der Waals surface area (Å²) in [7, 11) is 0. The largest absolute Gasteiger partial charge is 0.481 e.